The van der Waals surface area contributed by atoms with E-state index in [9.17, 15) is 52.0 Å². The third-order valence-corrected chi connectivity index (χ3v) is 10.7. The number of aromatic amines is 1. The van der Waals surface area contributed by atoms with Gasteiger partial charge < -0.3 is 54.1 Å². The lowest BCUT2D eigenvalue weighted by atomic mass is 10.1. The highest BCUT2D eigenvalue weighted by atomic mass is 31.3. The maximum Gasteiger partial charge on any atom is 0.490 e. The Kier molecular flexibility index (Phi) is 13.5. The van der Waals surface area contributed by atoms with Gasteiger partial charge in [0, 0.05) is 19.7 Å². The van der Waals surface area contributed by atoms with Crippen molar-refractivity contribution in [3.63, 3.8) is 0 Å². The first-order chi connectivity index (χ1) is 25.1. The molecule has 8 N–H and O–H groups in total. The van der Waals surface area contributed by atoms with Crippen LogP contribution in [0.3, 0.4) is 0 Å². The number of phosphoric ester groups is 1. The summed E-state index contributed by atoms with van der Waals surface area (Å²) in [6.45, 7) is -0.452. The van der Waals surface area contributed by atoms with Gasteiger partial charge in [-0.3, -0.25) is 24.4 Å². The van der Waals surface area contributed by atoms with Crippen LogP contribution in [0.4, 0.5) is 25.2 Å². The Bertz CT molecular complexity index is 2190. The minimum atomic E-state index is -5.81. The van der Waals surface area contributed by atoms with Crippen LogP contribution in [0.5, 0.6) is 0 Å². The number of methoxy groups -OCH3 is 1. The molecule has 0 radical (unpaired) electrons. The molecule has 1 aliphatic rings. The number of nitrogens with two attached hydrogens (primary N) is 1. The molecule has 3 aromatic rings. The lowest BCUT2D eigenvalue weighted by Gasteiger charge is -2.21. The predicted octanol–water partition coefficient (Wildman–Crippen LogP) is 1.95. The number of hydrogen-bond acceptors (Lipinski definition) is 16. The van der Waals surface area contributed by atoms with Gasteiger partial charge in [-0.2, -0.15) is 13.6 Å². The Labute approximate surface area is 300 Å². The van der Waals surface area contributed by atoms with Crippen LogP contribution < -0.4 is 16.6 Å². The molecule has 0 bridgehead atoms. The molecule has 24 nitrogen and oxygen atoms in total. The van der Waals surface area contributed by atoms with Crippen molar-refractivity contribution in [3.8, 4) is 11.8 Å². The van der Waals surface area contributed by atoms with Gasteiger partial charge in [0.25, 0.3) is 11.2 Å². The first kappa shape index (κ1) is 42.6. The van der Waals surface area contributed by atoms with E-state index in [4.69, 9.17) is 39.0 Å². The van der Waals surface area contributed by atoms with Gasteiger partial charge in [-0.25, -0.2) is 27.3 Å². The van der Waals surface area contributed by atoms with E-state index in [-0.39, 0.29) is 35.8 Å². The molecule has 29 heteroatoms. The number of carbonyl (C=O) groups is 1. The lowest BCUT2D eigenvalue weighted by molar-refractivity contribution is -0.386. The van der Waals surface area contributed by atoms with Crippen LogP contribution >= 0.6 is 23.5 Å². The van der Waals surface area contributed by atoms with Gasteiger partial charge in [0.2, 0.25) is 5.95 Å². The minimum absolute atomic E-state index is 0.0226. The molecule has 1 aliphatic heterocycles. The molecule has 3 unspecified atom stereocenters. The van der Waals surface area contributed by atoms with E-state index in [1.165, 1.54) is 24.8 Å². The standard InChI is InChI=1S/C25H29F2N6O18P3/c1-12(14-6-15(26)16(27)7-17(14)33(36)37)48-25(35)29-5-3-4-13-9-32(22-21(13)23(34)31-24(28)30-22)20-8-18(46-11-45-2)19(49-20)10-47-53(41,42)51-54(43,44)50-52(38,39)40/h6-7,9,12,18-20H,5,8,10-11H2,1-2H3,(H,29,35)(H,41,42)(H,43,44)(H2,38,39,40)(H3,28,30,31,34)/t12?,18-,19+,20+/m0/s1. The van der Waals surface area contributed by atoms with Crippen LogP contribution in [0.1, 0.15) is 36.8 Å². The monoisotopic (exact) mass is 832 g/mol. The van der Waals surface area contributed by atoms with Crippen LogP contribution in [0.25, 0.3) is 11.0 Å². The number of halogens is 2. The van der Waals surface area contributed by atoms with Crippen LogP contribution in [0.2, 0.25) is 0 Å². The number of carbonyl (C=O) groups excluding carboxylic acids is 1. The van der Waals surface area contributed by atoms with Crippen LogP contribution in [0.15, 0.2) is 23.1 Å². The number of benzene rings is 1. The zero-order valence-corrected chi connectivity index (χ0v) is 30.1. The number of aromatic nitrogens is 3. The zero-order chi connectivity index (χ0) is 40.2. The Hall–Kier alpha value is -4.18. The van der Waals surface area contributed by atoms with Crippen molar-refractivity contribution in [3.05, 3.63) is 61.6 Å². The average molecular weight is 832 g/mol. The topological polar surface area (TPSA) is 346 Å². The molecule has 4 rings (SSSR count). The molecule has 296 valence electrons. The normalized spacial score (nSPS) is 20.0. The van der Waals surface area contributed by atoms with Crippen molar-refractivity contribution in [2.24, 2.45) is 0 Å². The summed E-state index contributed by atoms with van der Waals surface area (Å²) in [5.41, 5.74) is 3.72. The summed E-state index contributed by atoms with van der Waals surface area (Å²) in [6.07, 6.45) is -4.68. The fourth-order valence-corrected chi connectivity index (χ4v) is 7.90. The number of nitro benzene ring substituents is 1. The minimum Gasteiger partial charge on any atom is -0.441 e. The number of anilines is 1. The fraction of sp³-hybridized carbons (Fsp3) is 0.400. The summed E-state index contributed by atoms with van der Waals surface area (Å²) in [6, 6.07) is 0.876. The molecule has 6 atom stereocenters. The number of nitrogens with zero attached hydrogens (tertiary/aromatic N) is 3. The molecular formula is C25H29F2N6O18P3. The Morgan fingerprint density at radius 2 is 1.91 bits per heavy atom. The number of nitrogens with one attached hydrogen (secondary N) is 2. The molecule has 3 heterocycles. The van der Waals surface area contributed by atoms with E-state index in [2.05, 4.69) is 35.7 Å². The van der Waals surface area contributed by atoms with Gasteiger partial charge in [-0.05, 0) is 13.0 Å². The average Bonchev–Trinajstić information content (AvgIpc) is 3.61. The highest BCUT2D eigenvalue weighted by Gasteiger charge is 2.44. The van der Waals surface area contributed by atoms with Gasteiger partial charge in [0.1, 0.15) is 25.2 Å². The molecule has 0 saturated carbocycles. The van der Waals surface area contributed by atoms with Crippen molar-refractivity contribution in [2.75, 3.05) is 32.8 Å². The second-order valence-corrected chi connectivity index (χ2v) is 15.2. The van der Waals surface area contributed by atoms with E-state index in [1.807, 2.05) is 0 Å². The van der Waals surface area contributed by atoms with E-state index >= 15 is 0 Å². The number of alkyl carbamates (subject to hydrolysis) is 1. The quantitative estimate of drug-likeness (QED) is 0.0378. The van der Waals surface area contributed by atoms with Gasteiger partial charge in [-0.15, -0.1) is 0 Å². The first-order valence-electron chi connectivity index (χ1n) is 14.6. The Balaban J connectivity index is 1.51. The molecule has 0 spiro atoms. The summed E-state index contributed by atoms with van der Waals surface area (Å²) in [4.78, 5) is 78.8. The fourth-order valence-electron chi connectivity index (χ4n) is 4.87. The van der Waals surface area contributed by atoms with Gasteiger partial charge in [0.05, 0.1) is 46.8 Å². The number of nitro groups is 1. The van der Waals surface area contributed by atoms with Crippen molar-refractivity contribution >= 4 is 52.2 Å². The zero-order valence-electron chi connectivity index (χ0n) is 27.4. The highest BCUT2D eigenvalue weighted by molar-refractivity contribution is 7.66. The molecule has 1 amide bonds. The third kappa shape index (κ3) is 11.2. The molecule has 2 aromatic heterocycles. The summed E-state index contributed by atoms with van der Waals surface area (Å²) < 4.78 is 97.0. The maximum atomic E-state index is 13.7. The number of fused-ring (bicyclic) bond motifs is 1. The van der Waals surface area contributed by atoms with Gasteiger partial charge in [-0.1, -0.05) is 11.8 Å². The smallest absolute Gasteiger partial charge is 0.441 e. The Morgan fingerprint density at radius 3 is 2.56 bits per heavy atom. The van der Waals surface area contributed by atoms with Crippen molar-refractivity contribution < 1.29 is 83.9 Å². The number of rotatable bonds is 15. The number of hydrogen-bond donors (Lipinski definition) is 7. The number of amides is 1. The molecule has 1 saturated heterocycles. The largest absolute Gasteiger partial charge is 0.490 e. The van der Waals surface area contributed by atoms with E-state index in [0.717, 1.165) is 0 Å². The van der Waals surface area contributed by atoms with E-state index in [1.54, 1.807) is 0 Å². The summed E-state index contributed by atoms with van der Waals surface area (Å²) in [5.74, 6) is 2.02. The van der Waals surface area contributed by atoms with E-state index < -0.39 is 101 Å². The summed E-state index contributed by atoms with van der Waals surface area (Å²) >= 11 is 0. The SMILES string of the molecule is COCO[C@H]1C[C@H](n2cc(C#CCNC(=O)OC(C)c3cc(F)c(F)cc3[N+](=O)[O-])c3c(=O)[nH]c(N)nc32)O[C@@H]1COP(=O)(O)OP(=O)(O)OP(=O)(O)O. The van der Waals surface area contributed by atoms with Gasteiger partial charge >= 0.3 is 29.6 Å². The molecule has 1 aromatic carbocycles. The molecule has 0 aliphatic carbocycles. The third-order valence-electron chi connectivity index (χ3n) is 6.94. The number of nitrogen functional groups attached to an aromatic ring is 1. The summed E-state index contributed by atoms with van der Waals surface area (Å²) in [5, 5.41) is 13.4. The second kappa shape index (κ2) is 17.1. The predicted molar refractivity (Wildman–Crippen MR) is 173 cm³/mol. The van der Waals surface area contributed by atoms with Crippen LogP contribution in [0, 0.1) is 33.6 Å². The number of ether oxygens (including phenoxy) is 4. The number of phosphoric acid groups is 3. The highest BCUT2D eigenvalue weighted by Crippen LogP contribution is 2.66. The van der Waals surface area contributed by atoms with E-state index in [0.29, 0.717) is 12.1 Å². The Morgan fingerprint density at radius 1 is 1.22 bits per heavy atom. The van der Waals surface area contributed by atoms with Gasteiger partial charge in [0.15, 0.2) is 17.3 Å². The maximum absolute atomic E-state index is 13.7. The first-order valence-corrected chi connectivity index (χ1v) is 19.1. The van der Waals surface area contributed by atoms with Crippen molar-refractivity contribution in [2.45, 2.75) is 37.9 Å². The molecule has 54 heavy (non-hydrogen) atoms. The number of H-pyrrole nitrogens is 1. The molecule has 1 fully saturated rings. The second-order valence-electron chi connectivity index (χ2n) is 10.7. The van der Waals surface area contributed by atoms with Crippen molar-refractivity contribution in [1.29, 1.82) is 0 Å². The summed E-state index contributed by atoms with van der Waals surface area (Å²) in [7, 11) is -15.7. The van der Waals surface area contributed by atoms with Crippen molar-refractivity contribution in [1.82, 2.24) is 19.9 Å². The van der Waals surface area contributed by atoms with Crippen LogP contribution in [-0.4, -0.2) is 84.4 Å². The van der Waals surface area contributed by atoms with Crippen LogP contribution in [-0.2, 0) is 45.8 Å². The lowest BCUT2D eigenvalue weighted by Crippen LogP contribution is -2.29. The molecular weight excluding hydrogens is 803 g/mol.